The third kappa shape index (κ3) is 3.51. The molecule has 1 aromatic heterocycles. The highest BCUT2D eigenvalue weighted by atomic mass is 16.5. The first-order chi connectivity index (χ1) is 16.8. The van der Waals surface area contributed by atoms with E-state index in [1.165, 1.54) is 28.7 Å². The van der Waals surface area contributed by atoms with Gasteiger partial charge in [0.15, 0.2) is 0 Å². The molecule has 0 saturated carbocycles. The molecular formula is C25H22N4O6. The van der Waals surface area contributed by atoms with Gasteiger partial charge in [-0.15, -0.1) is 0 Å². The fraction of sp³-hybridized carbons (Fsp3) is 0.360. The quantitative estimate of drug-likeness (QED) is 0.475. The van der Waals surface area contributed by atoms with E-state index in [1.54, 1.807) is 18.2 Å². The van der Waals surface area contributed by atoms with Crippen LogP contribution in [0.1, 0.15) is 29.7 Å². The molecule has 4 amide bonds. The Labute approximate surface area is 200 Å². The highest BCUT2D eigenvalue weighted by molar-refractivity contribution is 6.12. The third-order valence-corrected chi connectivity index (χ3v) is 7.07. The fourth-order valence-electron chi connectivity index (χ4n) is 5.37. The molecule has 10 heteroatoms. The van der Waals surface area contributed by atoms with E-state index < -0.39 is 17.9 Å². The van der Waals surface area contributed by atoms with Gasteiger partial charge in [0.25, 0.3) is 11.8 Å². The fourth-order valence-corrected chi connectivity index (χ4v) is 5.37. The summed E-state index contributed by atoms with van der Waals surface area (Å²) in [5.41, 5.74) is 2.43. The van der Waals surface area contributed by atoms with E-state index >= 15 is 0 Å². The number of methoxy groups -OCH3 is 1. The minimum absolute atomic E-state index is 0.203. The van der Waals surface area contributed by atoms with Crippen LogP contribution in [-0.4, -0.2) is 64.3 Å². The smallest absolute Gasteiger partial charge is 0.418 e. The first-order valence-corrected chi connectivity index (χ1v) is 11.4. The number of fused-ring (bicyclic) bond motifs is 4. The molecule has 10 nitrogen and oxygen atoms in total. The number of nitrogens with zero attached hydrogens (tertiary/aromatic N) is 4. The highest BCUT2D eigenvalue weighted by Crippen LogP contribution is 2.42. The van der Waals surface area contributed by atoms with E-state index in [1.807, 2.05) is 0 Å². The second kappa shape index (κ2) is 8.51. The van der Waals surface area contributed by atoms with Crippen molar-refractivity contribution in [3.63, 3.8) is 0 Å². The summed E-state index contributed by atoms with van der Waals surface area (Å²) in [5, 5.41) is 10.0. The van der Waals surface area contributed by atoms with Gasteiger partial charge in [0.1, 0.15) is 0 Å². The van der Waals surface area contributed by atoms with Gasteiger partial charge in [-0.05, 0) is 43.0 Å². The van der Waals surface area contributed by atoms with E-state index in [-0.39, 0.29) is 43.1 Å². The van der Waals surface area contributed by atoms with Gasteiger partial charge in [-0.3, -0.25) is 29.0 Å². The van der Waals surface area contributed by atoms with Crippen molar-refractivity contribution in [1.29, 1.82) is 5.26 Å². The zero-order valence-corrected chi connectivity index (χ0v) is 19.0. The maximum atomic E-state index is 13.2. The number of nitriles is 1. The van der Waals surface area contributed by atoms with Gasteiger partial charge in [-0.25, -0.2) is 9.36 Å². The number of ether oxygens (including phenoxy) is 1. The Morgan fingerprint density at radius 2 is 1.63 bits per heavy atom. The Hall–Kier alpha value is -4.26. The number of amides is 4. The zero-order chi connectivity index (χ0) is 24.9. The SMILES string of the molecule is COC(=O)n1c2c(c3cc(C#N)ccc31)CC1C(=O)N(CCCCN3C(=O)C=CC3=O)C(=O)C1C2. The number of carbonyl (C=O) groups is 5. The molecule has 2 atom stereocenters. The van der Waals surface area contributed by atoms with Crippen LogP contribution in [0.25, 0.3) is 10.9 Å². The summed E-state index contributed by atoms with van der Waals surface area (Å²) in [5.74, 6) is -2.36. The average molecular weight is 474 g/mol. The summed E-state index contributed by atoms with van der Waals surface area (Å²) in [6.07, 6.45) is 3.30. The molecule has 3 aliphatic rings. The third-order valence-electron chi connectivity index (χ3n) is 7.07. The number of likely N-dealkylation sites (tertiary alicyclic amines) is 1. The predicted octanol–water partition coefficient (Wildman–Crippen LogP) is 1.53. The molecule has 2 aliphatic heterocycles. The van der Waals surface area contributed by atoms with Gasteiger partial charge in [0.05, 0.1) is 36.1 Å². The number of hydrogen-bond donors (Lipinski definition) is 0. The Morgan fingerprint density at radius 1 is 1.00 bits per heavy atom. The van der Waals surface area contributed by atoms with Crippen molar-refractivity contribution in [2.24, 2.45) is 11.8 Å². The Kier molecular flexibility index (Phi) is 5.47. The summed E-state index contributed by atoms with van der Waals surface area (Å²) in [6.45, 7) is 0.435. The van der Waals surface area contributed by atoms with Crippen LogP contribution in [0.3, 0.4) is 0 Å². The molecule has 2 aromatic rings. The standard InChI is InChI=1S/C25H22N4O6/c1-35-25(34)29-19-5-4-14(13-26)10-15(19)16-11-17-18(12-20(16)29)24(33)28(23(17)32)9-3-2-8-27-21(30)6-7-22(27)31/h4-7,10,17-18H,2-3,8-9,11-12H2,1H3. The first-order valence-electron chi connectivity index (χ1n) is 11.4. The molecule has 0 N–H and O–H groups in total. The number of carbonyl (C=O) groups excluding carboxylic acids is 5. The van der Waals surface area contributed by atoms with Gasteiger partial charge in [-0.2, -0.15) is 5.26 Å². The van der Waals surface area contributed by atoms with E-state index in [0.29, 0.717) is 41.4 Å². The second-order valence-corrected chi connectivity index (χ2v) is 8.89. The summed E-state index contributed by atoms with van der Waals surface area (Å²) >= 11 is 0. The summed E-state index contributed by atoms with van der Waals surface area (Å²) in [6, 6.07) is 7.09. The molecule has 5 rings (SSSR count). The lowest BCUT2D eigenvalue weighted by Gasteiger charge is -2.23. The van der Waals surface area contributed by atoms with Crippen molar-refractivity contribution in [2.75, 3.05) is 20.2 Å². The van der Waals surface area contributed by atoms with Crippen molar-refractivity contribution in [2.45, 2.75) is 25.7 Å². The van der Waals surface area contributed by atoms with Crippen molar-refractivity contribution in [3.8, 4) is 6.07 Å². The molecule has 2 unspecified atom stereocenters. The minimum Gasteiger partial charge on any atom is -0.452 e. The largest absolute Gasteiger partial charge is 0.452 e. The van der Waals surface area contributed by atoms with Crippen LogP contribution in [-0.2, 0) is 36.8 Å². The second-order valence-electron chi connectivity index (χ2n) is 8.89. The molecule has 1 aromatic carbocycles. The lowest BCUT2D eigenvalue weighted by Crippen LogP contribution is -2.34. The van der Waals surface area contributed by atoms with Crippen LogP contribution in [0.2, 0.25) is 0 Å². The summed E-state index contributed by atoms with van der Waals surface area (Å²) < 4.78 is 6.40. The van der Waals surface area contributed by atoms with E-state index in [9.17, 15) is 29.2 Å². The van der Waals surface area contributed by atoms with E-state index in [2.05, 4.69) is 6.07 Å². The topological polar surface area (TPSA) is 130 Å². The lowest BCUT2D eigenvalue weighted by molar-refractivity contribution is -0.141. The van der Waals surface area contributed by atoms with Crippen molar-refractivity contribution in [3.05, 3.63) is 47.2 Å². The van der Waals surface area contributed by atoms with Gasteiger partial charge in [0.2, 0.25) is 11.8 Å². The molecule has 1 aliphatic carbocycles. The zero-order valence-electron chi connectivity index (χ0n) is 19.0. The number of benzene rings is 1. The van der Waals surface area contributed by atoms with E-state index in [0.717, 1.165) is 10.5 Å². The number of rotatable bonds is 5. The van der Waals surface area contributed by atoms with Crippen molar-refractivity contribution < 1.29 is 28.7 Å². The minimum atomic E-state index is -0.589. The molecule has 1 saturated heterocycles. The molecule has 35 heavy (non-hydrogen) atoms. The normalized spacial score (nSPS) is 21.0. The van der Waals surface area contributed by atoms with Gasteiger partial charge in [-0.1, -0.05) is 0 Å². The number of hydrogen-bond acceptors (Lipinski definition) is 7. The molecule has 178 valence electrons. The molecule has 1 fully saturated rings. The Balaban J connectivity index is 1.36. The molecule has 0 radical (unpaired) electrons. The van der Waals surface area contributed by atoms with Crippen molar-refractivity contribution >= 4 is 40.6 Å². The number of imide groups is 2. The van der Waals surface area contributed by atoms with Gasteiger partial charge >= 0.3 is 6.09 Å². The highest BCUT2D eigenvalue weighted by Gasteiger charge is 2.50. The van der Waals surface area contributed by atoms with Crippen LogP contribution >= 0.6 is 0 Å². The average Bonchev–Trinajstić information content (AvgIpc) is 3.44. The predicted molar refractivity (Wildman–Crippen MR) is 121 cm³/mol. The maximum Gasteiger partial charge on any atom is 0.418 e. The number of aromatic nitrogens is 1. The number of unbranched alkanes of at least 4 members (excludes halogenated alkanes) is 1. The molecule has 0 bridgehead atoms. The Morgan fingerprint density at radius 3 is 2.26 bits per heavy atom. The maximum absolute atomic E-state index is 13.2. The van der Waals surface area contributed by atoms with Gasteiger partial charge in [0, 0.05) is 42.7 Å². The lowest BCUT2D eigenvalue weighted by atomic mass is 9.79. The van der Waals surface area contributed by atoms with Crippen LogP contribution in [0.4, 0.5) is 4.79 Å². The van der Waals surface area contributed by atoms with Gasteiger partial charge < -0.3 is 4.74 Å². The summed E-state index contributed by atoms with van der Waals surface area (Å²) in [4.78, 5) is 64.7. The Bertz CT molecular complexity index is 1360. The molecule has 3 heterocycles. The molecule has 0 spiro atoms. The molecular weight excluding hydrogens is 452 g/mol. The van der Waals surface area contributed by atoms with E-state index in [4.69, 9.17) is 4.74 Å². The van der Waals surface area contributed by atoms with Crippen LogP contribution < -0.4 is 0 Å². The summed E-state index contributed by atoms with van der Waals surface area (Å²) in [7, 11) is 1.28. The van der Waals surface area contributed by atoms with Crippen molar-refractivity contribution in [1.82, 2.24) is 14.4 Å². The van der Waals surface area contributed by atoms with Crippen LogP contribution in [0, 0.1) is 23.2 Å². The first kappa shape index (κ1) is 22.5. The van der Waals surface area contributed by atoms with Crippen LogP contribution in [0.5, 0.6) is 0 Å². The van der Waals surface area contributed by atoms with Crippen LogP contribution in [0.15, 0.2) is 30.4 Å². The monoisotopic (exact) mass is 474 g/mol.